The molecule has 110 valence electrons. The van der Waals surface area contributed by atoms with Crippen molar-refractivity contribution in [1.82, 2.24) is 19.3 Å². The highest BCUT2D eigenvalue weighted by molar-refractivity contribution is 9.10. The number of hydrogen-bond acceptors (Lipinski definition) is 2. The van der Waals surface area contributed by atoms with Gasteiger partial charge in [-0.2, -0.15) is 5.10 Å². The summed E-state index contributed by atoms with van der Waals surface area (Å²) >= 11 is 9.11. The minimum Gasteiger partial charge on any atom is -0.293 e. The highest BCUT2D eigenvalue weighted by Gasteiger charge is 2.17. The fraction of sp³-hybridized carbons (Fsp3) is 0.286. The van der Waals surface area contributed by atoms with E-state index in [9.17, 15) is 4.39 Å². The molecule has 0 saturated carbocycles. The molecule has 0 spiro atoms. The van der Waals surface area contributed by atoms with Gasteiger partial charge in [-0.05, 0) is 28.9 Å². The van der Waals surface area contributed by atoms with Gasteiger partial charge < -0.3 is 0 Å². The van der Waals surface area contributed by atoms with Crippen LogP contribution in [0.3, 0.4) is 0 Å². The first kappa shape index (κ1) is 14.5. The zero-order valence-electron chi connectivity index (χ0n) is 11.6. The molecule has 0 unspecified atom stereocenters. The van der Waals surface area contributed by atoms with Crippen LogP contribution in [0.15, 0.2) is 22.8 Å². The molecule has 1 aromatic carbocycles. The van der Waals surface area contributed by atoms with Gasteiger partial charge in [-0.3, -0.25) is 9.25 Å². The lowest BCUT2D eigenvalue weighted by molar-refractivity contribution is 0.623. The van der Waals surface area contributed by atoms with Crippen molar-refractivity contribution in [3.63, 3.8) is 0 Å². The molecule has 0 aliphatic rings. The quantitative estimate of drug-likeness (QED) is 0.657. The molecule has 4 nitrogen and oxygen atoms in total. The summed E-state index contributed by atoms with van der Waals surface area (Å²) in [6.07, 6.45) is 2.52. The Morgan fingerprint density at radius 2 is 2.14 bits per heavy atom. The molecule has 2 aromatic heterocycles. The Kier molecular flexibility index (Phi) is 3.75. The van der Waals surface area contributed by atoms with E-state index in [1.165, 1.54) is 6.07 Å². The number of aromatic nitrogens is 4. The molecule has 0 atom stereocenters. The second-order valence-corrected chi connectivity index (χ2v) is 6.06. The van der Waals surface area contributed by atoms with E-state index in [2.05, 4.69) is 26.0 Å². The highest BCUT2D eigenvalue weighted by atomic mass is 79.9. The van der Waals surface area contributed by atoms with Gasteiger partial charge in [0.05, 0.1) is 26.9 Å². The van der Waals surface area contributed by atoms with Crippen LogP contribution in [0.25, 0.3) is 16.7 Å². The first-order valence-corrected chi connectivity index (χ1v) is 7.77. The predicted octanol–water partition coefficient (Wildman–Crippen LogP) is 3.75. The number of hydrogen-bond donors (Lipinski definition) is 0. The Hall–Kier alpha value is -1.40. The normalized spacial score (nSPS) is 11.5. The number of imidazole rings is 1. The number of benzene rings is 1. The highest BCUT2D eigenvalue weighted by Crippen LogP contribution is 2.28. The lowest BCUT2D eigenvalue weighted by Crippen LogP contribution is -2.02. The fourth-order valence-electron chi connectivity index (χ4n) is 2.45. The smallest absolute Gasteiger partial charge is 0.139 e. The average molecular weight is 372 g/mol. The molecule has 2 heterocycles. The van der Waals surface area contributed by atoms with E-state index in [0.717, 1.165) is 22.7 Å². The van der Waals surface area contributed by atoms with E-state index < -0.39 is 0 Å². The third-order valence-corrected chi connectivity index (χ3v) is 4.11. The largest absolute Gasteiger partial charge is 0.293 e. The maximum Gasteiger partial charge on any atom is 0.139 e. The number of fused-ring (bicyclic) bond motifs is 1. The van der Waals surface area contributed by atoms with Gasteiger partial charge in [-0.25, -0.2) is 9.37 Å². The van der Waals surface area contributed by atoms with Crippen LogP contribution < -0.4 is 0 Å². The van der Waals surface area contributed by atoms with E-state index in [4.69, 9.17) is 11.6 Å². The molecular formula is C14H13BrClFN4. The molecule has 7 heteroatoms. The molecule has 0 saturated heterocycles. The third-order valence-electron chi connectivity index (χ3n) is 3.31. The number of alkyl halides is 1. The lowest BCUT2D eigenvalue weighted by Gasteiger charge is -2.07. The number of rotatable bonds is 3. The van der Waals surface area contributed by atoms with Crippen LogP contribution in [0.5, 0.6) is 0 Å². The molecule has 0 N–H and O–H groups in total. The van der Waals surface area contributed by atoms with E-state index in [0.29, 0.717) is 22.3 Å². The van der Waals surface area contributed by atoms with Crippen LogP contribution in [-0.4, -0.2) is 25.2 Å². The van der Waals surface area contributed by atoms with Gasteiger partial charge in [0.25, 0.3) is 0 Å². The maximum atomic E-state index is 13.7. The van der Waals surface area contributed by atoms with Gasteiger partial charge in [0.15, 0.2) is 0 Å². The van der Waals surface area contributed by atoms with Crippen LogP contribution >= 0.6 is 27.5 Å². The van der Waals surface area contributed by atoms with Crippen molar-refractivity contribution in [1.29, 1.82) is 0 Å². The van der Waals surface area contributed by atoms with Crippen LogP contribution in [0.4, 0.5) is 4.39 Å². The van der Waals surface area contributed by atoms with E-state index in [1.54, 1.807) is 10.7 Å². The average Bonchev–Trinajstić information content (AvgIpc) is 2.90. The van der Waals surface area contributed by atoms with Crippen molar-refractivity contribution in [2.75, 3.05) is 5.88 Å². The van der Waals surface area contributed by atoms with Crippen molar-refractivity contribution >= 4 is 38.6 Å². The molecule has 0 aliphatic heterocycles. The van der Waals surface area contributed by atoms with Crippen LogP contribution in [0.1, 0.15) is 11.5 Å². The Morgan fingerprint density at radius 1 is 1.38 bits per heavy atom. The lowest BCUT2D eigenvalue weighted by atomic mass is 10.3. The van der Waals surface area contributed by atoms with Crippen molar-refractivity contribution < 1.29 is 4.39 Å². The van der Waals surface area contributed by atoms with E-state index in [-0.39, 0.29) is 5.82 Å². The Bertz CT molecular complexity index is 824. The summed E-state index contributed by atoms with van der Waals surface area (Å²) < 4.78 is 17.9. The van der Waals surface area contributed by atoms with Crippen LogP contribution in [-0.2, 0) is 13.5 Å². The molecule has 0 aliphatic carbocycles. The summed E-state index contributed by atoms with van der Waals surface area (Å²) in [6.45, 7) is 1.93. The van der Waals surface area contributed by atoms with Gasteiger partial charge >= 0.3 is 0 Å². The second kappa shape index (κ2) is 5.42. The van der Waals surface area contributed by atoms with Crippen molar-refractivity contribution in [3.8, 4) is 5.69 Å². The van der Waals surface area contributed by atoms with Gasteiger partial charge in [-0.1, -0.05) is 0 Å². The van der Waals surface area contributed by atoms with Crippen molar-refractivity contribution in [2.45, 2.75) is 13.3 Å². The van der Waals surface area contributed by atoms with Gasteiger partial charge in [0.2, 0.25) is 0 Å². The second-order valence-electron chi connectivity index (χ2n) is 4.83. The summed E-state index contributed by atoms with van der Waals surface area (Å²) in [5.74, 6) is 0.924. The van der Waals surface area contributed by atoms with Gasteiger partial charge in [0, 0.05) is 31.6 Å². The minimum absolute atomic E-state index is 0.326. The van der Waals surface area contributed by atoms with Gasteiger partial charge in [0.1, 0.15) is 11.6 Å². The predicted molar refractivity (Wildman–Crippen MR) is 84.7 cm³/mol. The third kappa shape index (κ3) is 2.46. The minimum atomic E-state index is -0.326. The Balaban J connectivity index is 2.35. The molecular weight excluding hydrogens is 359 g/mol. The maximum absolute atomic E-state index is 13.7. The summed E-state index contributed by atoms with van der Waals surface area (Å²) in [7, 11) is 1.87. The van der Waals surface area contributed by atoms with Crippen LogP contribution in [0, 0.1) is 12.7 Å². The first-order valence-electron chi connectivity index (χ1n) is 6.44. The topological polar surface area (TPSA) is 35.6 Å². The van der Waals surface area contributed by atoms with Crippen LogP contribution in [0.2, 0.25) is 0 Å². The molecule has 0 fully saturated rings. The zero-order valence-corrected chi connectivity index (χ0v) is 13.9. The molecule has 0 radical (unpaired) electrons. The Labute approximate surface area is 134 Å². The molecule has 0 bridgehead atoms. The van der Waals surface area contributed by atoms with Crippen molar-refractivity contribution in [2.24, 2.45) is 7.05 Å². The summed E-state index contributed by atoms with van der Waals surface area (Å²) in [5, 5.41) is 4.36. The zero-order chi connectivity index (χ0) is 15.1. The molecule has 3 aromatic rings. The fourth-order valence-corrected chi connectivity index (χ4v) is 2.95. The van der Waals surface area contributed by atoms with E-state index >= 15 is 0 Å². The number of aryl methyl sites for hydroxylation is 3. The standard InChI is InChI=1S/C14H13BrClFN4/c1-8-13(7-20(2)19-8)21-12-5-9(15)10(17)6-11(12)18-14(21)3-4-16/h5-7H,3-4H2,1-2H3. The monoisotopic (exact) mass is 370 g/mol. The molecule has 0 amide bonds. The van der Waals surface area contributed by atoms with Crippen molar-refractivity contribution in [3.05, 3.63) is 40.1 Å². The number of nitrogens with zero attached hydrogens (tertiary/aromatic N) is 4. The number of halogens is 3. The molecule has 21 heavy (non-hydrogen) atoms. The Morgan fingerprint density at radius 3 is 2.76 bits per heavy atom. The summed E-state index contributed by atoms with van der Waals surface area (Å²) in [4.78, 5) is 4.51. The summed E-state index contributed by atoms with van der Waals surface area (Å²) in [5.41, 5.74) is 3.25. The SMILES string of the molecule is Cc1nn(C)cc1-n1c(CCCl)nc2cc(F)c(Br)cc21. The first-order chi connectivity index (χ1) is 10.0. The van der Waals surface area contributed by atoms with E-state index in [1.807, 2.05) is 24.7 Å². The molecule has 3 rings (SSSR count). The summed E-state index contributed by atoms with van der Waals surface area (Å²) in [6, 6.07) is 3.17. The van der Waals surface area contributed by atoms with Gasteiger partial charge in [-0.15, -0.1) is 11.6 Å².